The lowest BCUT2D eigenvalue weighted by Crippen LogP contribution is -3.15. The van der Waals surface area contributed by atoms with E-state index in [0.29, 0.717) is 21.2 Å². The highest BCUT2D eigenvalue weighted by atomic mass is 35.5. The van der Waals surface area contributed by atoms with Gasteiger partial charge in [0, 0.05) is 23.6 Å². The number of hydrogen-bond donors (Lipinski definition) is 2. The Balaban J connectivity index is 0.00000121. The molecule has 2 N–H and O–H groups in total. The van der Waals surface area contributed by atoms with Gasteiger partial charge in [-0.3, -0.25) is 0 Å². The Hall–Kier alpha value is -1.54. The van der Waals surface area contributed by atoms with Crippen LogP contribution in [0.4, 0.5) is 21.0 Å². The molecule has 2 aliphatic heterocycles. The van der Waals surface area contributed by atoms with E-state index < -0.39 is 12.3 Å². The summed E-state index contributed by atoms with van der Waals surface area (Å²) in [6.45, 7) is 0. The zero-order valence-corrected chi connectivity index (χ0v) is 16.2. The summed E-state index contributed by atoms with van der Waals surface area (Å²) in [6.07, 6.45) is -1.22. The Labute approximate surface area is 172 Å². The van der Waals surface area contributed by atoms with Crippen LogP contribution in [0.3, 0.4) is 0 Å². The van der Waals surface area contributed by atoms with Crippen LogP contribution in [0.25, 0.3) is 0 Å². The van der Waals surface area contributed by atoms with Crippen molar-refractivity contribution >= 4 is 47.0 Å². The van der Waals surface area contributed by atoms with Gasteiger partial charge in [0.1, 0.15) is 11.4 Å². The predicted octanol–water partition coefficient (Wildman–Crippen LogP) is -4.74. The Morgan fingerprint density at radius 1 is 0.654 bits per heavy atom. The number of carbonyl (C=O) groups is 2. The summed E-state index contributed by atoms with van der Waals surface area (Å²) in [7, 11) is 0. The summed E-state index contributed by atoms with van der Waals surface area (Å²) in [4.78, 5) is 26.3. The van der Waals surface area contributed by atoms with Crippen molar-refractivity contribution < 1.29 is 44.2 Å². The first-order chi connectivity index (χ1) is 11.6. The molecule has 4 amide bonds. The molecule has 2 aromatic rings. The minimum atomic E-state index is -0.609. The van der Waals surface area contributed by atoms with E-state index in [1.54, 1.807) is 0 Å². The SMILES string of the molecule is O=C1N(Cl)C2C(N(Cl)C(=O)[NH+]2c2ccccc2)[NH+]1c1ccccc1.[Cl-].[Cl-]. The van der Waals surface area contributed by atoms with E-state index in [0.717, 1.165) is 8.84 Å². The van der Waals surface area contributed by atoms with Crippen molar-refractivity contribution in [2.45, 2.75) is 12.3 Å². The highest BCUT2D eigenvalue weighted by Gasteiger charge is 2.69. The minimum Gasteiger partial charge on any atom is -1.00 e. The number of nitrogens with zero attached hydrogens (tertiary/aromatic N) is 2. The fourth-order valence-corrected chi connectivity index (χ4v) is 3.94. The van der Waals surface area contributed by atoms with E-state index in [2.05, 4.69) is 0 Å². The molecule has 4 rings (SSSR count). The van der Waals surface area contributed by atoms with Crippen LogP contribution >= 0.6 is 23.6 Å². The number of para-hydroxylation sites is 2. The third-order valence-electron chi connectivity index (χ3n) is 4.40. The standard InChI is InChI=1S/C16H12Cl2N4O2.2ClH/c17-21-13-14(20(16(21)24)12-9-5-2-6-10-12)22(18)15(23)19(13)11-7-3-1-4-8-11;;/h1-10,13-14H;2*1H. The highest BCUT2D eigenvalue weighted by molar-refractivity contribution is 6.23. The molecule has 0 aliphatic carbocycles. The van der Waals surface area contributed by atoms with Crippen molar-refractivity contribution in [2.75, 3.05) is 0 Å². The number of halogens is 4. The quantitative estimate of drug-likeness (QED) is 0.465. The zero-order valence-electron chi connectivity index (χ0n) is 13.2. The minimum absolute atomic E-state index is 0. The molecule has 4 atom stereocenters. The zero-order chi connectivity index (χ0) is 16.8. The summed E-state index contributed by atoms with van der Waals surface area (Å²) in [5.74, 6) is 0. The van der Waals surface area contributed by atoms with Gasteiger partial charge in [-0.1, -0.05) is 36.4 Å². The van der Waals surface area contributed by atoms with Crippen LogP contribution in [0.15, 0.2) is 60.7 Å². The summed E-state index contributed by atoms with van der Waals surface area (Å²) in [5, 5.41) is 0. The van der Waals surface area contributed by atoms with E-state index in [4.69, 9.17) is 23.6 Å². The number of hydrogen-bond acceptors (Lipinski definition) is 2. The Bertz CT molecular complexity index is 728. The maximum absolute atomic E-state index is 12.7. The van der Waals surface area contributed by atoms with Crippen molar-refractivity contribution in [3.05, 3.63) is 60.7 Å². The number of amides is 4. The molecule has 0 bridgehead atoms. The lowest BCUT2D eigenvalue weighted by atomic mass is 10.2. The van der Waals surface area contributed by atoms with Crippen molar-refractivity contribution in [1.29, 1.82) is 0 Å². The molecule has 0 saturated carbocycles. The van der Waals surface area contributed by atoms with E-state index in [-0.39, 0.29) is 36.9 Å². The van der Waals surface area contributed by atoms with Gasteiger partial charge >= 0.3 is 12.1 Å². The largest absolute Gasteiger partial charge is 1.00 e. The van der Waals surface area contributed by atoms with Gasteiger partial charge in [0.2, 0.25) is 0 Å². The average Bonchev–Trinajstić information content (AvgIpc) is 3.02. The molecular formula is C16H14Cl4N4O2. The second kappa shape index (κ2) is 8.00. The van der Waals surface area contributed by atoms with Gasteiger partial charge in [0.15, 0.2) is 0 Å². The smallest absolute Gasteiger partial charge is 0.444 e. The molecule has 2 saturated heterocycles. The number of urea groups is 2. The van der Waals surface area contributed by atoms with Crippen LogP contribution in [0.5, 0.6) is 0 Å². The number of rotatable bonds is 2. The van der Waals surface area contributed by atoms with E-state index >= 15 is 0 Å². The van der Waals surface area contributed by atoms with Gasteiger partial charge in [-0.15, -0.1) is 8.84 Å². The molecule has 0 aromatic heterocycles. The summed E-state index contributed by atoms with van der Waals surface area (Å²) in [6, 6.07) is 17.7. The maximum Gasteiger partial charge on any atom is 0.444 e. The van der Waals surface area contributed by atoms with Crippen LogP contribution in [0.2, 0.25) is 0 Å². The van der Waals surface area contributed by atoms with Gasteiger partial charge in [-0.05, 0) is 24.3 Å². The van der Waals surface area contributed by atoms with Crippen molar-refractivity contribution in [3.63, 3.8) is 0 Å². The molecule has 0 radical (unpaired) electrons. The van der Waals surface area contributed by atoms with Crippen LogP contribution in [-0.4, -0.2) is 33.2 Å². The average molecular weight is 436 g/mol. The van der Waals surface area contributed by atoms with Gasteiger partial charge in [0.05, 0.1) is 0 Å². The monoisotopic (exact) mass is 434 g/mol. The van der Waals surface area contributed by atoms with E-state index in [9.17, 15) is 9.59 Å². The predicted molar refractivity (Wildman–Crippen MR) is 87.9 cm³/mol. The maximum atomic E-state index is 12.7. The highest BCUT2D eigenvalue weighted by Crippen LogP contribution is 2.23. The fourth-order valence-electron chi connectivity index (χ4n) is 3.35. The normalized spacial score (nSPS) is 27.0. The molecular weight excluding hydrogens is 422 g/mol. The third kappa shape index (κ3) is 3.03. The lowest BCUT2D eigenvalue weighted by molar-refractivity contribution is -0.818. The topological polar surface area (TPSA) is 49.5 Å². The van der Waals surface area contributed by atoms with Crippen LogP contribution in [0, 0.1) is 0 Å². The number of carbonyl (C=O) groups excluding carboxylic acids is 2. The summed E-state index contributed by atoms with van der Waals surface area (Å²) < 4.78 is 2.19. The first-order valence-electron chi connectivity index (χ1n) is 7.44. The van der Waals surface area contributed by atoms with Gasteiger partial charge in [-0.25, -0.2) is 9.59 Å². The molecule has 6 nitrogen and oxygen atoms in total. The molecule has 2 fully saturated rings. The first kappa shape index (κ1) is 20.8. The lowest BCUT2D eigenvalue weighted by Gasteiger charge is -2.16. The molecule has 2 aliphatic rings. The van der Waals surface area contributed by atoms with Gasteiger partial charge in [-0.2, -0.15) is 9.80 Å². The van der Waals surface area contributed by atoms with Gasteiger partial charge < -0.3 is 24.8 Å². The van der Waals surface area contributed by atoms with Crippen LogP contribution < -0.4 is 34.6 Å². The molecule has 2 heterocycles. The Morgan fingerprint density at radius 2 is 0.962 bits per heavy atom. The third-order valence-corrected chi connectivity index (χ3v) is 5.13. The molecule has 138 valence electrons. The summed E-state index contributed by atoms with van der Waals surface area (Å²) in [5.41, 5.74) is 1.43. The van der Waals surface area contributed by atoms with Crippen molar-refractivity contribution in [2.24, 2.45) is 0 Å². The molecule has 26 heavy (non-hydrogen) atoms. The number of nitrogens with one attached hydrogen (secondary N) is 2. The van der Waals surface area contributed by atoms with Crippen molar-refractivity contribution in [3.8, 4) is 0 Å². The van der Waals surface area contributed by atoms with Gasteiger partial charge in [0.25, 0.3) is 12.3 Å². The second-order valence-corrected chi connectivity index (χ2v) is 6.41. The summed E-state index contributed by atoms with van der Waals surface area (Å²) >= 11 is 12.6. The first-order valence-corrected chi connectivity index (χ1v) is 8.12. The number of quaternary nitrogens is 2. The molecule has 0 spiro atoms. The molecule has 4 unspecified atom stereocenters. The van der Waals surface area contributed by atoms with E-state index in [1.165, 1.54) is 0 Å². The molecule has 10 heteroatoms. The Kier molecular flexibility index (Phi) is 6.39. The van der Waals surface area contributed by atoms with E-state index in [1.807, 2.05) is 60.7 Å². The molecule has 2 aromatic carbocycles. The fraction of sp³-hybridized carbons (Fsp3) is 0.125. The number of benzene rings is 2. The van der Waals surface area contributed by atoms with Crippen LogP contribution in [0.1, 0.15) is 0 Å². The Morgan fingerprint density at radius 3 is 1.27 bits per heavy atom. The second-order valence-electron chi connectivity index (χ2n) is 5.68. The van der Waals surface area contributed by atoms with Crippen LogP contribution in [-0.2, 0) is 0 Å². The van der Waals surface area contributed by atoms with Crippen molar-refractivity contribution in [1.82, 2.24) is 8.84 Å². The number of fused-ring (bicyclic) bond motifs is 1.